The van der Waals surface area contributed by atoms with E-state index in [1.807, 2.05) is 0 Å². The largest absolute Gasteiger partial charge is 0.268 e. The van der Waals surface area contributed by atoms with Crippen molar-refractivity contribution in [3.8, 4) is 0 Å². The Hall–Kier alpha value is -2.08. The van der Waals surface area contributed by atoms with Crippen LogP contribution in [0.5, 0.6) is 0 Å². The molecule has 0 saturated heterocycles. The number of hydrogen-bond donors (Lipinski definition) is 0. The molecular weight excluding hydrogens is 344 g/mol. The fraction of sp³-hybridized carbons (Fsp3) is 0.0667. The molecule has 0 fully saturated rings. The summed E-state index contributed by atoms with van der Waals surface area (Å²) in [4.78, 5) is 25.6. The third-order valence-electron chi connectivity index (χ3n) is 3.33. The van der Waals surface area contributed by atoms with Gasteiger partial charge in [0.05, 0.1) is 16.8 Å². The molecule has 3 rings (SSSR count). The van der Waals surface area contributed by atoms with E-state index < -0.39 is 23.4 Å². The van der Waals surface area contributed by atoms with Gasteiger partial charge in [-0.25, -0.2) is 13.7 Å². The summed E-state index contributed by atoms with van der Waals surface area (Å²) in [5, 5.41) is 0. The van der Waals surface area contributed by atoms with Crippen LogP contribution in [0.1, 0.15) is 26.3 Å². The second-order valence-corrected chi connectivity index (χ2v) is 5.60. The number of carbonyl (C=O) groups is 2. The Labute approximate surface area is 127 Å². The molecule has 1 aliphatic rings. The molecule has 0 unspecified atom stereocenters. The van der Waals surface area contributed by atoms with Crippen molar-refractivity contribution in [2.75, 3.05) is 4.90 Å². The zero-order valence-electron chi connectivity index (χ0n) is 10.8. The van der Waals surface area contributed by atoms with Crippen LogP contribution in [0, 0.1) is 18.6 Å². The van der Waals surface area contributed by atoms with Crippen LogP contribution in [0.3, 0.4) is 0 Å². The van der Waals surface area contributed by atoms with Gasteiger partial charge >= 0.3 is 0 Å². The van der Waals surface area contributed by atoms with Gasteiger partial charge in [0.25, 0.3) is 11.8 Å². The van der Waals surface area contributed by atoms with Crippen molar-refractivity contribution in [2.45, 2.75) is 6.92 Å². The van der Waals surface area contributed by atoms with E-state index in [0.29, 0.717) is 11.3 Å². The van der Waals surface area contributed by atoms with Crippen molar-refractivity contribution in [2.24, 2.45) is 0 Å². The predicted molar refractivity (Wildman–Crippen MR) is 76.4 cm³/mol. The van der Waals surface area contributed by atoms with Crippen LogP contribution in [0.15, 0.2) is 34.8 Å². The first-order valence-corrected chi connectivity index (χ1v) is 6.83. The molecular formula is C15H8BrF2NO2. The molecule has 2 aromatic rings. The lowest BCUT2D eigenvalue weighted by Gasteiger charge is -2.16. The summed E-state index contributed by atoms with van der Waals surface area (Å²) in [6, 6.07) is 6.57. The molecule has 0 radical (unpaired) electrons. The maximum absolute atomic E-state index is 13.3. The monoisotopic (exact) mass is 351 g/mol. The fourth-order valence-corrected chi connectivity index (χ4v) is 2.80. The average Bonchev–Trinajstić information content (AvgIpc) is 2.64. The molecule has 2 amide bonds. The van der Waals surface area contributed by atoms with Crippen molar-refractivity contribution in [1.29, 1.82) is 0 Å². The molecule has 3 nitrogen and oxygen atoms in total. The van der Waals surface area contributed by atoms with Gasteiger partial charge in [-0.1, -0.05) is 15.9 Å². The Kier molecular flexibility index (Phi) is 3.13. The third-order valence-corrected chi connectivity index (χ3v) is 3.82. The van der Waals surface area contributed by atoms with Crippen LogP contribution in [0.4, 0.5) is 14.5 Å². The number of fused-ring (bicyclic) bond motifs is 1. The summed E-state index contributed by atoms with van der Waals surface area (Å²) in [5.41, 5.74) is 0.840. The van der Waals surface area contributed by atoms with Crippen LogP contribution in [-0.4, -0.2) is 11.8 Å². The van der Waals surface area contributed by atoms with Gasteiger partial charge in [-0.2, -0.15) is 0 Å². The van der Waals surface area contributed by atoms with Crippen LogP contribution in [0.2, 0.25) is 0 Å². The van der Waals surface area contributed by atoms with E-state index in [1.54, 1.807) is 25.1 Å². The molecule has 0 atom stereocenters. The van der Waals surface area contributed by atoms with Gasteiger partial charge in [0, 0.05) is 4.47 Å². The van der Waals surface area contributed by atoms with Gasteiger partial charge in [0.2, 0.25) is 0 Å². The number of imide groups is 1. The first kappa shape index (κ1) is 13.9. The highest BCUT2D eigenvalue weighted by Gasteiger charge is 2.38. The Bertz CT molecular complexity index is 764. The zero-order chi connectivity index (χ0) is 15.3. The van der Waals surface area contributed by atoms with Crippen molar-refractivity contribution in [3.05, 3.63) is 63.1 Å². The number of amides is 2. The summed E-state index contributed by atoms with van der Waals surface area (Å²) >= 11 is 3.29. The second-order valence-electron chi connectivity index (χ2n) is 4.69. The molecule has 1 heterocycles. The molecule has 0 saturated carbocycles. The second kappa shape index (κ2) is 4.73. The number of benzene rings is 2. The molecule has 6 heteroatoms. The van der Waals surface area contributed by atoms with Gasteiger partial charge in [0.1, 0.15) is 0 Å². The van der Waals surface area contributed by atoms with E-state index in [1.165, 1.54) is 0 Å². The quantitative estimate of drug-likeness (QED) is 0.732. The van der Waals surface area contributed by atoms with Crippen LogP contribution >= 0.6 is 15.9 Å². The fourth-order valence-electron chi connectivity index (χ4n) is 2.32. The van der Waals surface area contributed by atoms with Gasteiger partial charge < -0.3 is 0 Å². The van der Waals surface area contributed by atoms with E-state index in [0.717, 1.165) is 21.5 Å². The van der Waals surface area contributed by atoms with Crippen molar-refractivity contribution < 1.29 is 18.4 Å². The minimum atomic E-state index is -1.15. The van der Waals surface area contributed by atoms with Gasteiger partial charge in [-0.3, -0.25) is 9.59 Å². The topological polar surface area (TPSA) is 37.4 Å². The summed E-state index contributed by atoms with van der Waals surface area (Å²) < 4.78 is 27.3. The molecule has 0 bridgehead atoms. The van der Waals surface area contributed by atoms with E-state index in [4.69, 9.17) is 0 Å². The smallest absolute Gasteiger partial charge is 0.266 e. The number of rotatable bonds is 1. The summed E-state index contributed by atoms with van der Waals surface area (Å²) in [6.07, 6.45) is 0. The van der Waals surface area contributed by atoms with Gasteiger partial charge in [0.15, 0.2) is 11.6 Å². The molecule has 0 N–H and O–H groups in total. The minimum absolute atomic E-state index is 0.124. The first-order valence-electron chi connectivity index (χ1n) is 6.04. The first-order chi connectivity index (χ1) is 9.90. The number of aryl methyl sites for hydroxylation is 1. The van der Waals surface area contributed by atoms with Gasteiger partial charge in [-0.05, 0) is 42.8 Å². The van der Waals surface area contributed by atoms with E-state index in [-0.39, 0.29) is 11.1 Å². The summed E-state index contributed by atoms with van der Waals surface area (Å²) in [7, 11) is 0. The van der Waals surface area contributed by atoms with Crippen LogP contribution in [0.25, 0.3) is 0 Å². The van der Waals surface area contributed by atoms with Crippen molar-refractivity contribution in [3.63, 3.8) is 0 Å². The molecule has 1 aliphatic heterocycles. The van der Waals surface area contributed by atoms with Crippen LogP contribution < -0.4 is 4.90 Å². The number of hydrogen-bond acceptors (Lipinski definition) is 2. The van der Waals surface area contributed by atoms with Crippen molar-refractivity contribution >= 4 is 33.4 Å². The number of anilines is 1. The Morgan fingerprint density at radius 2 is 1.48 bits per heavy atom. The van der Waals surface area contributed by atoms with E-state index in [2.05, 4.69) is 15.9 Å². The van der Waals surface area contributed by atoms with E-state index >= 15 is 0 Å². The maximum atomic E-state index is 13.3. The Balaban J connectivity index is 2.16. The highest BCUT2D eigenvalue weighted by atomic mass is 79.9. The maximum Gasteiger partial charge on any atom is 0.266 e. The van der Waals surface area contributed by atoms with Crippen molar-refractivity contribution in [1.82, 2.24) is 0 Å². The predicted octanol–water partition coefficient (Wildman–Crippen LogP) is 3.84. The molecule has 0 aromatic heterocycles. The minimum Gasteiger partial charge on any atom is -0.268 e. The normalized spacial score (nSPS) is 13.8. The van der Waals surface area contributed by atoms with E-state index in [9.17, 15) is 18.4 Å². The average molecular weight is 352 g/mol. The number of nitrogens with zero attached hydrogens (tertiary/aromatic N) is 1. The molecule has 106 valence electrons. The van der Waals surface area contributed by atoms with Crippen LogP contribution in [-0.2, 0) is 0 Å². The zero-order valence-corrected chi connectivity index (χ0v) is 12.4. The lowest BCUT2D eigenvalue weighted by Crippen LogP contribution is -2.30. The Morgan fingerprint density at radius 1 is 0.952 bits per heavy atom. The number of carbonyl (C=O) groups excluding carboxylic acids is 2. The SMILES string of the molecule is Cc1cc(Br)ccc1N1C(=O)c2cc(F)c(F)cc2C1=O. The lowest BCUT2D eigenvalue weighted by atomic mass is 10.1. The molecule has 0 spiro atoms. The lowest BCUT2D eigenvalue weighted by molar-refractivity contribution is 0.0925. The summed E-state index contributed by atoms with van der Waals surface area (Å²) in [5.74, 6) is -3.60. The Morgan fingerprint density at radius 3 is 1.95 bits per heavy atom. The summed E-state index contributed by atoms with van der Waals surface area (Å²) in [6.45, 7) is 1.74. The highest BCUT2D eigenvalue weighted by Crippen LogP contribution is 2.32. The molecule has 2 aromatic carbocycles. The standard InChI is InChI=1S/C15H8BrF2NO2/c1-7-4-8(16)2-3-13(7)19-14(20)9-5-11(17)12(18)6-10(9)15(19)21/h2-6H,1H3. The third kappa shape index (κ3) is 2.06. The number of halogens is 3. The van der Waals surface area contributed by atoms with Gasteiger partial charge in [-0.15, -0.1) is 0 Å². The molecule has 0 aliphatic carbocycles. The molecule has 21 heavy (non-hydrogen) atoms. The highest BCUT2D eigenvalue weighted by molar-refractivity contribution is 9.10.